The fourth-order valence-electron chi connectivity index (χ4n) is 7.66. The normalized spacial score (nSPS) is 16.8. The third-order valence-electron chi connectivity index (χ3n) is 16.7. The van der Waals surface area contributed by atoms with E-state index in [4.69, 9.17) is 15.3 Å². The van der Waals surface area contributed by atoms with Gasteiger partial charge in [0.25, 0.3) is 0 Å². The van der Waals surface area contributed by atoms with E-state index in [0.717, 1.165) is 0 Å². The molecule has 0 saturated heterocycles. The predicted octanol–water partition coefficient (Wildman–Crippen LogP) is 26.2. The van der Waals surface area contributed by atoms with Gasteiger partial charge in [0.2, 0.25) is 17.3 Å². The van der Waals surface area contributed by atoms with E-state index in [9.17, 15) is 410 Å². The Balaban J connectivity index is -0.000000691. The third-order valence-corrected chi connectivity index (χ3v) is 16.7. The third kappa shape index (κ3) is 20.6. The van der Waals surface area contributed by atoms with Gasteiger partial charge in [-0.15, -0.1) is 0 Å². The maximum Gasteiger partial charge on any atom is 1.00 e. The van der Waals surface area contributed by atoms with Crippen LogP contribution in [0.3, 0.4) is 0 Å². The summed E-state index contributed by atoms with van der Waals surface area (Å²) in [6, 6.07) is 0. The first-order chi connectivity index (χ1) is 61.6. The summed E-state index contributed by atoms with van der Waals surface area (Å²) in [5, 5.41) is 25.7. The fraction of sp³-hybridized carbons (Fsp3) is 0.824. The number of hydrogen-bond acceptors (Lipinski definition) is 6. The van der Waals surface area contributed by atoms with E-state index in [1.165, 1.54) is 0 Å². The van der Waals surface area contributed by atoms with Gasteiger partial charge in [0.05, 0.1) is 0 Å². The van der Waals surface area contributed by atoms with Crippen molar-refractivity contribution in [2.75, 3.05) is 0 Å². The first-order valence-electron chi connectivity index (χ1n) is 30.5. The van der Waals surface area contributed by atoms with Crippen LogP contribution in [0.25, 0.3) is 0 Å². The molecule has 0 unspecified atom stereocenters. The topological polar surface area (TPSA) is 112 Å². The average Bonchev–Trinajstić information content (AvgIpc) is 0.714. The molecule has 0 atom stereocenters. The summed E-state index contributed by atoms with van der Waals surface area (Å²) in [4.78, 5) is 33.3. The summed E-state index contributed by atoms with van der Waals surface area (Å²) in [5.41, 5.74) is 0. The Morgan fingerprint density at radius 2 is 0.174 bits per heavy atom. The summed E-state index contributed by atoms with van der Waals surface area (Å²) in [6.45, 7) is 0. The molecule has 0 rings (SSSR count). The van der Waals surface area contributed by atoms with Gasteiger partial charge in [-0.05, 0) is 0 Å². The van der Waals surface area contributed by atoms with Crippen LogP contribution in [-0.4, -0.2) is 283 Å². The summed E-state index contributed by atoms with van der Waals surface area (Å²) < 4.78 is 1180. The zero-order valence-electron chi connectivity index (χ0n) is 63.7. The summed E-state index contributed by atoms with van der Waals surface area (Å²) in [5.74, 6) is -351. The predicted molar refractivity (Wildman–Crippen MR) is 262 cm³/mol. The molecule has 0 heterocycles. The van der Waals surface area contributed by atoms with Gasteiger partial charge in [0.1, 0.15) is 0 Å². The molecular formula is C51H6F90KO6Ru+. The molecule has 3 N–H and O–H groups in total. The Kier molecular flexibility index (Phi) is 39.9. The van der Waals surface area contributed by atoms with Gasteiger partial charge in [-0.25, -0.2) is 0 Å². The molecule has 884 valence electrons. The molecule has 0 aromatic carbocycles. The van der Waals surface area contributed by atoms with Gasteiger partial charge in [0, 0.05) is 37.7 Å². The minimum atomic E-state index is -9.21. The van der Waals surface area contributed by atoms with Crippen molar-refractivity contribution >= 4 is 17.3 Å². The van der Waals surface area contributed by atoms with Gasteiger partial charge in [0.15, 0.2) is 17.3 Å². The smallest absolute Gasteiger partial charge is 0.506 e. The van der Waals surface area contributed by atoms with E-state index in [1.54, 1.807) is 0 Å². The molecule has 0 aromatic heterocycles. The van der Waals surface area contributed by atoms with Crippen LogP contribution in [0.1, 0.15) is 0 Å². The standard InChI is InChI=1S/3C17H2F30O2.K.Ru/c3*18-4(19,6(22,23)8(26,27)10(30,31)12(34,35)14(38,39)16(42,43)44)2(48)1-3(49)5(20,21)7(24,25)9(28,29)11(32,33)13(36,37)15(40,41)17(45,46)47;;/h3*1,48H;;/q;;;+1;/b3*2-1-;;. The Bertz CT molecular complexity index is 4310. The largest absolute Gasteiger partial charge is 1.00 e. The van der Waals surface area contributed by atoms with Gasteiger partial charge >= 0.3 is 302 Å². The van der Waals surface area contributed by atoms with Crippen molar-refractivity contribution in [2.45, 2.75) is 250 Å². The summed E-state index contributed by atoms with van der Waals surface area (Å²) >= 11 is 0. The van der Waals surface area contributed by atoms with Crippen LogP contribution in [0.15, 0.2) is 35.5 Å². The van der Waals surface area contributed by atoms with Crippen molar-refractivity contribution < 1.29 is 496 Å². The minimum absolute atomic E-state index is 0. The molecule has 0 aliphatic carbocycles. The number of allylic oxidation sites excluding steroid dienone is 6. The Morgan fingerprint density at radius 3 is 0.248 bits per heavy atom. The van der Waals surface area contributed by atoms with Gasteiger partial charge in [-0.1, -0.05) is 0 Å². The molecule has 6 nitrogen and oxygen atoms in total. The summed E-state index contributed by atoms with van der Waals surface area (Å²) in [6.07, 6.45) is -58.0. The molecule has 149 heavy (non-hydrogen) atoms. The zero-order chi connectivity index (χ0) is 123. The summed E-state index contributed by atoms with van der Waals surface area (Å²) in [7, 11) is 0. The number of carbonyl (C=O) groups excluding carboxylic acids is 3. The molecule has 0 aromatic rings. The molecule has 0 amide bonds. The first-order valence-corrected chi connectivity index (χ1v) is 30.5. The van der Waals surface area contributed by atoms with Gasteiger partial charge < -0.3 is 15.3 Å². The number of carbonyl (C=O) groups is 3. The zero-order valence-corrected chi connectivity index (χ0v) is 68.5. The minimum Gasteiger partial charge on any atom is -0.506 e. The molecule has 0 fully saturated rings. The second-order valence-electron chi connectivity index (χ2n) is 26.3. The Hall–Kier alpha value is -6.41. The van der Waals surface area contributed by atoms with Crippen molar-refractivity contribution in [1.82, 2.24) is 0 Å². The van der Waals surface area contributed by atoms with Crippen LogP contribution in [-0.2, 0) is 33.9 Å². The van der Waals surface area contributed by atoms with Crippen molar-refractivity contribution in [1.29, 1.82) is 0 Å². The second-order valence-corrected chi connectivity index (χ2v) is 26.3. The molecule has 0 saturated carbocycles. The van der Waals surface area contributed by atoms with E-state index in [0.29, 0.717) is 0 Å². The molecule has 0 aliphatic heterocycles. The monoisotopic (exact) mass is 2560 g/mol. The fourth-order valence-corrected chi connectivity index (χ4v) is 7.66. The van der Waals surface area contributed by atoms with Crippen molar-refractivity contribution in [2.24, 2.45) is 0 Å². The van der Waals surface area contributed by atoms with E-state index in [-0.39, 0.29) is 70.9 Å². The molecular weight excluding hydrogens is 2560 g/mol. The van der Waals surface area contributed by atoms with Crippen LogP contribution in [0.2, 0.25) is 0 Å². The van der Waals surface area contributed by atoms with Crippen LogP contribution in [0.5, 0.6) is 0 Å². The van der Waals surface area contributed by atoms with Crippen LogP contribution in [0.4, 0.5) is 395 Å². The van der Waals surface area contributed by atoms with Crippen LogP contribution >= 0.6 is 0 Å². The number of alkyl halides is 90. The average molecular weight is 2560 g/mol. The maximum absolute atomic E-state index is 13.7. The quantitative estimate of drug-likeness (QED) is 0.0245. The number of rotatable bonds is 39. The first kappa shape index (κ1) is 151. The molecule has 0 radical (unpaired) electrons. The maximum atomic E-state index is 13.7. The second kappa shape index (κ2) is 39.4. The number of aliphatic hydroxyl groups is 3. The van der Waals surface area contributed by atoms with Crippen LogP contribution in [0, 0.1) is 0 Å². The van der Waals surface area contributed by atoms with Crippen molar-refractivity contribution in [3.05, 3.63) is 35.5 Å². The van der Waals surface area contributed by atoms with E-state index in [2.05, 4.69) is 0 Å². The molecule has 0 spiro atoms. The van der Waals surface area contributed by atoms with E-state index < -0.39 is 303 Å². The Morgan fingerprint density at radius 1 is 0.114 bits per heavy atom. The number of hydrogen-bond donors (Lipinski definition) is 3. The number of ketones is 3. The molecule has 98 heteroatoms. The van der Waals surface area contributed by atoms with Gasteiger partial charge in [-0.2, -0.15) is 395 Å². The van der Waals surface area contributed by atoms with Crippen LogP contribution < -0.4 is 51.4 Å². The Labute approximate surface area is 797 Å². The number of halogens is 90. The van der Waals surface area contributed by atoms with Crippen molar-refractivity contribution in [3.8, 4) is 0 Å². The van der Waals surface area contributed by atoms with Crippen molar-refractivity contribution in [3.63, 3.8) is 0 Å². The van der Waals surface area contributed by atoms with E-state index >= 15 is 0 Å². The number of aliphatic hydroxyl groups excluding tert-OH is 3. The van der Waals surface area contributed by atoms with Gasteiger partial charge in [-0.3, -0.25) is 14.4 Å². The van der Waals surface area contributed by atoms with E-state index in [1.807, 2.05) is 0 Å². The SMILES string of the molecule is O=C(/C=C(\O)C(F)(F)C(F)(F)C(F)(F)C(F)(F)C(F)(F)C(F)(F)C(F)(F)F)C(F)(F)C(F)(F)C(F)(F)C(F)(F)C(F)(F)C(F)(F)C(F)(F)F.O=C(/C=C(\O)C(F)(F)C(F)(F)C(F)(F)C(F)(F)C(F)(F)C(F)(F)C(F)(F)F)C(F)(F)C(F)(F)C(F)(F)C(F)(F)C(F)(F)C(F)(F)C(F)(F)F.O=C(/C=C(\O)C(F)(F)C(F)(F)C(F)(F)C(F)(F)C(F)(F)C(F)(F)C(F)(F)F)C(F)(F)C(F)(F)C(F)(F)C(F)(F)C(F)(F)C(F)(F)C(F)(F)F.[K+].[Ru]. The molecule has 0 aliphatic rings. The molecule has 0 bridgehead atoms.